The van der Waals surface area contributed by atoms with Gasteiger partial charge in [0.1, 0.15) is 0 Å². The van der Waals surface area contributed by atoms with E-state index in [9.17, 15) is 4.79 Å². The van der Waals surface area contributed by atoms with Crippen LogP contribution in [0.4, 0.5) is 0 Å². The van der Waals surface area contributed by atoms with Crippen LogP contribution in [-0.4, -0.2) is 41.3 Å². The van der Waals surface area contributed by atoms with Gasteiger partial charge in [-0.1, -0.05) is 22.4 Å². The Labute approximate surface area is 119 Å². The Kier molecular flexibility index (Phi) is 5.49. The molecule has 0 spiro atoms. The third kappa shape index (κ3) is 3.70. The van der Waals surface area contributed by atoms with Crippen LogP contribution in [0.2, 0.25) is 0 Å². The topological polar surface area (TPSA) is 32.3 Å². The quantitative estimate of drug-likeness (QED) is 0.624. The second kappa shape index (κ2) is 6.90. The van der Waals surface area contributed by atoms with Gasteiger partial charge >= 0.3 is 0 Å². The van der Waals surface area contributed by atoms with E-state index in [-0.39, 0.29) is 5.91 Å². The number of piperidine rings is 2. The highest BCUT2D eigenvalue weighted by Gasteiger charge is 2.36. The number of carbonyl (C=O) groups is 1. The highest BCUT2D eigenvalue weighted by atomic mass is 79.9. The van der Waals surface area contributed by atoms with Crippen LogP contribution >= 0.6 is 15.9 Å². The van der Waals surface area contributed by atoms with Crippen LogP contribution < -0.4 is 5.32 Å². The first-order valence-corrected chi connectivity index (χ1v) is 8.40. The lowest BCUT2D eigenvalue weighted by Gasteiger charge is -2.47. The molecule has 18 heavy (non-hydrogen) atoms. The van der Waals surface area contributed by atoms with Crippen molar-refractivity contribution in [3.8, 4) is 0 Å². The number of amides is 1. The number of unbranched alkanes of at least 4 members (excludes halogenated alkanes) is 1. The van der Waals surface area contributed by atoms with E-state index in [1.54, 1.807) is 0 Å². The molecular formula is C14H25BrN2O. The van der Waals surface area contributed by atoms with Crippen molar-refractivity contribution in [2.24, 2.45) is 0 Å². The second-order valence-electron chi connectivity index (χ2n) is 5.79. The van der Waals surface area contributed by atoms with Gasteiger partial charge in [-0.25, -0.2) is 0 Å². The number of hydrogen-bond donors (Lipinski definition) is 1. The summed E-state index contributed by atoms with van der Waals surface area (Å²) in [4.78, 5) is 14.4. The van der Waals surface area contributed by atoms with Crippen molar-refractivity contribution in [1.82, 2.24) is 10.2 Å². The molecule has 2 fully saturated rings. The van der Waals surface area contributed by atoms with E-state index in [0.717, 1.165) is 31.0 Å². The van der Waals surface area contributed by atoms with Crippen LogP contribution in [0, 0.1) is 0 Å². The van der Waals surface area contributed by atoms with Crippen molar-refractivity contribution in [2.45, 2.75) is 69.5 Å². The Balaban J connectivity index is 1.75. The van der Waals surface area contributed by atoms with Gasteiger partial charge < -0.3 is 10.2 Å². The molecule has 0 aliphatic carbocycles. The molecule has 0 aromatic heterocycles. The predicted octanol–water partition coefficient (Wildman–Crippen LogP) is 2.68. The third-order valence-electron chi connectivity index (χ3n) is 4.49. The van der Waals surface area contributed by atoms with Gasteiger partial charge in [0.2, 0.25) is 5.91 Å². The molecule has 1 amide bonds. The Hall–Kier alpha value is -0.0900. The zero-order valence-electron chi connectivity index (χ0n) is 11.3. The van der Waals surface area contributed by atoms with Gasteiger partial charge in [-0.2, -0.15) is 0 Å². The van der Waals surface area contributed by atoms with Gasteiger partial charge in [-0.3, -0.25) is 4.79 Å². The molecule has 1 N–H and O–H groups in total. The minimum Gasteiger partial charge on any atom is -0.353 e. The molecule has 2 bridgehead atoms. The average molecular weight is 317 g/mol. The highest BCUT2D eigenvalue weighted by Crippen LogP contribution is 2.32. The summed E-state index contributed by atoms with van der Waals surface area (Å²) in [7, 11) is 2.25. The number of nitrogens with one attached hydrogen (secondary N) is 1. The van der Waals surface area contributed by atoms with E-state index in [0.29, 0.717) is 24.5 Å². The van der Waals surface area contributed by atoms with Gasteiger partial charge in [-0.15, -0.1) is 0 Å². The number of nitrogens with zero attached hydrogens (tertiary/aromatic N) is 1. The largest absolute Gasteiger partial charge is 0.353 e. The summed E-state index contributed by atoms with van der Waals surface area (Å²) in [6.45, 7) is 0. The van der Waals surface area contributed by atoms with E-state index in [1.807, 2.05) is 0 Å². The molecule has 2 aliphatic heterocycles. The van der Waals surface area contributed by atoms with Crippen molar-refractivity contribution in [3.63, 3.8) is 0 Å². The first-order valence-electron chi connectivity index (χ1n) is 7.28. The third-order valence-corrected chi connectivity index (χ3v) is 5.05. The van der Waals surface area contributed by atoms with Crippen molar-refractivity contribution in [3.05, 3.63) is 0 Å². The zero-order valence-corrected chi connectivity index (χ0v) is 12.9. The normalized spacial score (nSPS) is 32.2. The van der Waals surface area contributed by atoms with E-state index < -0.39 is 0 Å². The number of hydrogen-bond acceptors (Lipinski definition) is 2. The molecule has 2 rings (SSSR count). The molecule has 4 heteroatoms. The van der Waals surface area contributed by atoms with Crippen molar-refractivity contribution in [2.75, 3.05) is 12.4 Å². The highest BCUT2D eigenvalue weighted by molar-refractivity contribution is 9.09. The lowest BCUT2D eigenvalue weighted by Crippen LogP contribution is -2.55. The fraction of sp³-hybridized carbons (Fsp3) is 0.929. The Bertz CT molecular complexity index is 271. The van der Waals surface area contributed by atoms with E-state index in [4.69, 9.17) is 0 Å². The first-order chi connectivity index (χ1) is 8.70. The van der Waals surface area contributed by atoms with Crippen LogP contribution in [0.1, 0.15) is 51.4 Å². The summed E-state index contributed by atoms with van der Waals surface area (Å²) >= 11 is 3.40. The summed E-state index contributed by atoms with van der Waals surface area (Å²) in [5.74, 6) is 0.253. The molecule has 2 atom stereocenters. The summed E-state index contributed by atoms with van der Waals surface area (Å²) in [6.07, 6.45) is 9.06. The maximum Gasteiger partial charge on any atom is 0.220 e. The maximum atomic E-state index is 11.8. The van der Waals surface area contributed by atoms with Crippen molar-refractivity contribution < 1.29 is 4.79 Å². The summed E-state index contributed by atoms with van der Waals surface area (Å²) in [6, 6.07) is 1.82. The van der Waals surface area contributed by atoms with Gasteiger partial charge in [0, 0.05) is 29.9 Å². The Morgan fingerprint density at radius 1 is 1.28 bits per heavy atom. The van der Waals surface area contributed by atoms with Crippen LogP contribution in [-0.2, 0) is 4.79 Å². The van der Waals surface area contributed by atoms with E-state index >= 15 is 0 Å². The van der Waals surface area contributed by atoms with Gasteiger partial charge in [0.25, 0.3) is 0 Å². The number of alkyl halides is 1. The molecule has 3 nitrogen and oxygen atoms in total. The van der Waals surface area contributed by atoms with Crippen LogP contribution in [0.15, 0.2) is 0 Å². The standard InChI is InChI=1S/C14H25BrN2O/c1-17-12-5-4-6-13(17)10-11(9-12)16-14(18)7-2-3-8-15/h11-13H,2-10H2,1H3,(H,16,18). The van der Waals surface area contributed by atoms with Gasteiger partial charge in [-0.05, 0) is 45.6 Å². The summed E-state index contributed by atoms with van der Waals surface area (Å²) in [5, 5.41) is 4.24. The molecule has 0 radical (unpaired) electrons. The van der Waals surface area contributed by atoms with Crippen molar-refractivity contribution >= 4 is 21.8 Å². The molecule has 2 aliphatic rings. The molecule has 2 heterocycles. The Morgan fingerprint density at radius 2 is 1.94 bits per heavy atom. The zero-order chi connectivity index (χ0) is 13.0. The van der Waals surface area contributed by atoms with Crippen LogP contribution in [0.25, 0.3) is 0 Å². The average Bonchev–Trinajstić information content (AvgIpc) is 2.31. The molecule has 2 unspecified atom stereocenters. The SMILES string of the molecule is CN1C2CCCC1CC(NC(=O)CCCCBr)C2. The molecule has 0 saturated carbocycles. The van der Waals surface area contributed by atoms with E-state index in [1.165, 1.54) is 19.3 Å². The second-order valence-corrected chi connectivity index (χ2v) is 6.58. The minimum absolute atomic E-state index is 0.253. The lowest BCUT2D eigenvalue weighted by molar-refractivity contribution is -0.122. The van der Waals surface area contributed by atoms with Crippen molar-refractivity contribution in [1.29, 1.82) is 0 Å². The van der Waals surface area contributed by atoms with Crippen LogP contribution in [0.5, 0.6) is 0 Å². The molecule has 0 aromatic carbocycles. The molecule has 2 saturated heterocycles. The van der Waals surface area contributed by atoms with Gasteiger partial charge in [0.05, 0.1) is 0 Å². The lowest BCUT2D eigenvalue weighted by atomic mass is 9.82. The smallest absolute Gasteiger partial charge is 0.220 e. The molecule has 104 valence electrons. The molecule has 0 aromatic rings. The summed E-state index contributed by atoms with van der Waals surface area (Å²) in [5.41, 5.74) is 0. The summed E-state index contributed by atoms with van der Waals surface area (Å²) < 4.78 is 0. The molecular weight excluding hydrogens is 292 g/mol. The maximum absolute atomic E-state index is 11.8. The number of rotatable bonds is 5. The minimum atomic E-state index is 0.253. The Morgan fingerprint density at radius 3 is 2.56 bits per heavy atom. The van der Waals surface area contributed by atoms with Crippen LogP contribution in [0.3, 0.4) is 0 Å². The van der Waals surface area contributed by atoms with E-state index in [2.05, 4.69) is 33.2 Å². The monoisotopic (exact) mass is 316 g/mol. The fourth-order valence-electron chi connectivity index (χ4n) is 3.41. The predicted molar refractivity (Wildman–Crippen MR) is 78.0 cm³/mol. The number of halogens is 1. The number of carbonyl (C=O) groups excluding carboxylic acids is 1. The number of fused-ring (bicyclic) bond motifs is 2. The van der Waals surface area contributed by atoms with Gasteiger partial charge in [0.15, 0.2) is 0 Å². The fourth-order valence-corrected chi connectivity index (χ4v) is 3.81. The first kappa shape index (κ1) is 14.3.